The van der Waals surface area contributed by atoms with Gasteiger partial charge < -0.3 is 16.0 Å². The molecule has 3 atom stereocenters. The van der Waals surface area contributed by atoms with E-state index in [0.717, 1.165) is 24.8 Å². The number of hydrogen-bond donors (Lipinski definition) is 2. The van der Waals surface area contributed by atoms with Crippen molar-refractivity contribution in [2.24, 2.45) is 23.0 Å². The molecule has 1 aliphatic heterocycles. The average molecular weight is 470 g/mol. The zero-order valence-electron chi connectivity index (χ0n) is 20.7. The molecular weight excluding hydrogens is 430 g/mol. The zero-order valence-corrected chi connectivity index (χ0v) is 20.7. The number of nitrogens with two attached hydrogens (primary N) is 1. The number of nitrogens with zero attached hydrogens (tertiary/aromatic N) is 1. The van der Waals surface area contributed by atoms with E-state index in [1.54, 1.807) is 4.90 Å². The molecule has 0 radical (unpaired) electrons. The van der Waals surface area contributed by atoms with Crippen LogP contribution in [0.1, 0.15) is 64.9 Å². The predicted octanol–water partition coefficient (Wildman–Crippen LogP) is 2.65. The molecule has 1 aromatic rings. The van der Waals surface area contributed by atoms with Crippen LogP contribution < -0.4 is 11.1 Å². The van der Waals surface area contributed by atoms with Crippen LogP contribution >= 0.6 is 0 Å². The van der Waals surface area contributed by atoms with Crippen molar-refractivity contribution in [1.29, 1.82) is 0 Å². The molecule has 3 N–H and O–H groups in total. The SMILES string of the molecule is CC(C)C[C@H](NC(=O)[C@@H](CC(=O)[C@@H]1CCCN1C(=O)CN)Cc1ccccc1)C(=O)C1(C)CC1. The molecule has 1 aromatic carbocycles. The van der Waals surface area contributed by atoms with Crippen LogP contribution in [-0.2, 0) is 25.6 Å². The molecule has 0 spiro atoms. The summed E-state index contributed by atoms with van der Waals surface area (Å²) >= 11 is 0. The van der Waals surface area contributed by atoms with Crippen molar-refractivity contribution < 1.29 is 19.2 Å². The number of rotatable bonds is 12. The highest BCUT2D eigenvalue weighted by Crippen LogP contribution is 2.47. The number of ketones is 2. The summed E-state index contributed by atoms with van der Waals surface area (Å²) in [6.45, 7) is 6.43. The molecule has 2 fully saturated rings. The maximum absolute atomic E-state index is 13.5. The Balaban J connectivity index is 1.77. The Bertz CT molecular complexity index is 894. The molecule has 186 valence electrons. The molecule has 7 heteroatoms. The van der Waals surface area contributed by atoms with Crippen molar-refractivity contribution in [2.45, 2.75) is 77.8 Å². The van der Waals surface area contributed by atoms with E-state index in [9.17, 15) is 19.2 Å². The Labute approximate surface area is 202 Å². The second kappa shape index (κ2) is 11.3. The summed E-state index contributed by atoms with van der Waals surface area (Å²) in [6.07, 6.45) is 4.06. The third-order valence-corrected chi connectivity index (χ3v) is 7.20. The maximum atomic E-state index is 13.5. The summed E-state index contributed by atoms with van der Waals surface area (Å²) in [7, 11) is 0. The molecule has 1 saturated heterocycles. The Morgan fingerprint density at radius 2 is 1.82 bits per heavy atom. The number of carbonyl (C=O) groups excluding carboxylic acids is 4. The van der Waals surface area contributed by atoms with E-state index in [4.69, 9.17) is 5.73 Å². The lowest BCUT2D eigenvalue weighted by atomic mass is 9.88. The monoisotopic (exact) mass is 469 g/mol. The number of benzene rings is 1. The minimum absolute atomic E-state index is 0.0274. The van der Waals surface area contributed by atoms with Gasteiger partial charge in [-0.05, 0) is 50.0 Å². The van der Waals surface area contributed by atoms with Crippen molar-refractivity contribution >= 4 is 23.4 Å². The van der Waals surface area contributed by atoms with E-state index in [0.29, 0.717) is 25.8 Å². The van der Waals surface area contributed by atoms with E-state index >= 15 is 0 Å². The summed E-state index contributed by atoms with van der Waals surface area (Å²) in [5, 5.41) is 3.01. The number of carbonyl (C=O) groups is 4. The summed E-state index contributed by atoms with van der Waals surface area (Å²) in [5.74, 6) is -0.888. The smallest absolute Gasteiger partial charge is 0.236 e. The van der Waals surface area contributed by atoms with Gasteiger partial charge in [0.1, 0.15) is 0 Å². The van der Waals surface area contributed by atoms with Crippen LogP contribution in [0, 0.1) is 17.3 Å². The molecule has 3 rings (SSSR count). The van der Waals surface area contributed by atoms with E-state index in [1.165, 1.54) is 0 Å². The molecule has 0 aromatic heterocycles. The summed E-state index contributed by atoms with van der Waals surface area (Å²) in [4.78, 5) is 53.6. The first-order valence-electron chi connectivity index (χ1n) is 12.6. The highest BCUT2D eigenvalue weighted by molar-refractivity contribution is 5.97. The lowest BCUT2D eigenvalue weighted by molar-refractivity contribution is -0.138. The number of nitrogens with one attached hydrogen (secondary N) is 1. The Morgan fingerprint density at radius 3 is 2.41 bits per heavy atom. The summed E-state index contributed by atoms with van der Waals surface area (Å²) in [5.41, 5.74) is 6.14. The van der Waals surface area contributed by atoms with Crippen LogP contribution in [0.25, 0.3) is 0 Å². The van der Waals surface area contributed by atoms with Gasteiger partial charge in [0.2, 0.25) is 11.8 Å². The fourth-order valence-corrected chi connectivity index (χ4v) is 4.90. The van der Waals surface area contributed by atoms with Gasteiger partial charge in [0.25, 0.3) is 0 Å². The van der Waals surface area contributed by atoms with E-state index in [2.05, 4.69) is 5.32 Å². The van der Waals surface area contributed by atoms with Crippen LogP contribution in [0.5, 0.6) is 0 Å². The van der Waals surface area contributed by atoms with Crippen LogP contribution in [-0.4, -0.2) is 53.5 Å². The van der Waals surface area contributed by atoms with Crippen molar-refractivity contribution in [3.63, 3.8) is 0 Å². The minimum atomic E-state index is -0.611. The van der Waals surface area contributed by atoms with Gasteiger partial charge in [-0.1, -0.05) is 51.1 Å². The molecule has 1 saturated carbocycles. The van der Waals surface area contributed by atoms with Gasteiger partial charge in [-0.25, -0.2) is 0 Å². The van der Waals surface area contributed by atoms with Crippen molar-refractivity contribution in [3.05, 3.63) is 35.9 Å². The maximum Gasteiger partial charge on any atom is 0.236 e. The normalized spacial score (nSPS) is 20.6. The van der Waals surface area contributed by atoms with Crippen molar-refractivity contribution in [1.82, 2.24) is 10.2 Å². The van der Waals surface area contributed by atoms with Gasteiger partial charge in [-0.3, -0.25) is 19.2 Å². The lowest BCUT2D eigenvalue weighted by Gasteiger charge is -2.27. The van der Waals surface area contributed by atoms with Crippen LogP contribution in [0.4, 0.5) is 0 Å². The third-order valence-electron chi connectivity index (χ3n) is 7.20. The van der Waals surface area contributed by atoms with Gasteiger partial charge in [-0.15, -0.1) is 0 Å². The van der Waals surface area contributed by atoms with Crippen LogP contribution in [0.2, 0.25) is 0 Å². The lowest BCUT2D eigenvalue weighted by Crippen LogP contribution is -2.48. The highest BCUT2D eigenvalue weighted by atomic mass is 16.2. The summed E-state index contributed by atoms with van der Waals surface area (Å²) in [6, 6.07) is 8.52. The average Bonchev–Trinajstić information content (AvgIpc) is 3.37. The first kappa shape index (κ1) is 26.1. The largest absolute Gasteiger partial charge is 0.346 e. The Morgan fingerprint density at radius 1 is 1.15 bits per heavy atom. The standard InChI is InChI=1S/C27H39N3O4/c1-18(2)14-21(25(33)27(3)11-12-27)29-26(34)20(15-19-8-5-4-6-9-19)16-23(31)22-10-7-13-30(22)24(32)17-28/h4-6,8-9,18,20-22H,7,10-17,28H2,1-3H3,(H,29,34)/t20-,21+,22+/m1/s1. The zero-order chi connectivity index (χ0) is 24.9. The van der Waals surface area contributed by atoms with E-state index < -0.39 is 18.0 Å². The molecule has 0 unspecified atom stereocenters. The van der Waals surface area contributed by atoms with E-state index in [-0.39, 0.29) is 47.7 Å². The van der Waals surface area contributed by atoms with Crippen LogP contribution in [0.3, 0.4) is 0 Å². The van der Waals surface area contributed by atoms with Crippen molar-refractivity contribution in [3.8, 4) is 0 Å². The van der Waals surface area contributed by atoms with Gasteiger partial charge in [0, 0.05) is 24.3 Å². The minimum Gasteiger partial charge on any atom is -0.346 e. The van der Waals surface area contributed by atoms with Gasteiger partial charge in [-0.2, -0.15) is 0 Å². The number of likely N-dealkylation sites (tertiary alicyclic amines) is 1. The quantitative estimate of drug-likeness (QED) is 0.489. The second-order valence-electron chi connectivity index (χ2n) is 10.6. The van der Waals surface area contributed by atoms with Gasteiger partial charge in [0.05, 0.1) is 18.6 Å². The molecule has 2 amide bonds. The highest BCUT2D eigenvalue weighted by Gasteiger charge is 2.48. The number of amides is 2. The molecule has 1 heterocycles. The molecule has 7 nitrogen and oxygen atoms in total. The third kappa shape index (κ3) is 6.53. The van der Waals surface area contributed by atoms with E-state index in [1.807, 2.05) is 51.1 Å². The predicted molar refractivity (Wildman–Crippen MR) is 131 cm³/mol. The second-order valence-corrected chi connectivity index (χ2v) is 10.6. The first-order valence-corrected chi connectivity index (χ1v) is 12.6. The van der Waals surface area contributed by atoms with Crippen molar-refractivity contribution in [2.75, 3.05) is 13.1 Å². The number of Topliss-reactive ketones (excluding diaryl/α,β-unsaturated/α-hetero) is 2. The fraction of sp³-hybridized carbons (Fsp3) is 0.630. The molecule has 34 heavy (non-hydrogen) atoms. The topological polar surface area (TPSA) is 110 Å². The number of hydrogen-bond acceptors (Lipinski definition) is 5. The van der Waals surface area contributed by atoms with Gasteiger partial charge >= 0.3 is 0 Å². The summed E-state index contributed by atoms with van der Waals surface area (Å²) < 4.78 is 0. The van der Waals surface area contributed by atoms with Gasteiger partial charge in [0.15, 0.2) is 11.6 Å². The molecule has 2 aliphatic rings. The Kier molecular flexibility index (Phi) is 8.63. The fourth-order valence-electron chi connectivity index (χ4n) is 4.90. The molecule has 1 aliphatic carbocycles. The Hall–Kier alpha value is -2.54. The molecular formula is C27H39N3O4. The molecule has 0 bridgehead atoms. The van der Waals surface area contributed by atoms with Crippen LogP contribution in [0.15, 0.2) is 30.3 Å². The first-order chi connectivity index (χ1) is 16.1.